The summed E-state index contributed by atoms with van der Waals surface area (Å²) in [5, 5.41) is 14.8. The number of nitrogens with one attached hydrogen (secondary N) is 2. The molecule has 5 heteroatoms. The Hall–Kier alpha value is -1.59. The number of benzene rings is 1. The third-order valence-corrected chi connectivity index (χ3v) is 3.09. The lowest BCUT2D eigenvalue weighted by atomic mass is 10.0. The Kier molecular flexibility index (Phi) is 5.79. The lowest BCUT2D eigenvalue weighted by Crippen LogP contribution is -2.42. The topological polar surface area (TPSA) is 70.6 Å². The van der Waals surface area contributed by atoms with Crippen LogP contribution in [-0.4, -0.2) is 37.8 Å². The Bertz CT molecular complexity index is 447. The first-order valence-corrected chi connectivity index (χ1v) is 6.24. The van der Waals surface area contributed by atoms with Crippen molar-refractivity contribution in [2.75, 3.05) is 20.7 Å². The number of likely N-dealkylation sites (N-methyl/N-ethyl adjacent to an activating group) is 1. The molecule has 19 heavy (non-hydrogen) atoms. The Morgan fingerprint density at radius 3 is 2.63 bits per heavy atom. The van der Waals surface area contributed by atoms with Crippen molar-refractivity contribution in [2.45, 2.75) is 26.4 Å². The van der Waals surface area contributed by atoms with Crippen molar-refractivity contribution >= 4 is 5.97 Å². The van der Waals surface area contributed by atoms with Crippen LogP contribution >= 0.6 is 0 Å². The first-order chi connectivity index (χ1) is 8.99. The van der Waals surface area contributed by atoms with Crippen LogP contribution in [0.4, 0.5) is 0 Å². The van der Waals surface area contributed by atoms with E-state index < -0.39 is 12.0 Å². The normalized spacial score (nSPS) is 12.2. The van der Waals surface area contributed by atoms with Gasteiger partial charge in [0.25, 0.3) is 0 Å². The number of carboxylic acids is 1. The molecule has 0 fully saturated rings. The lowest BCUT2D eigenvalue weighted by Gasteiger charge is -2.16. The van der Waals surface area contributed by atoms with Gasteiger partial charge < -0.3 is 20.5 Å². The van der Waals surface area contributed by atoms with Crippen molar-refractivity contribution in [1.82, 2.24) is 10.6 Å². The van der Waals surface area contributed by atoms with Gasteiger partial charge in [0.05, 0.1) is 7.11 Å². The summed E-state index contributed by atoms with van der Waals surface area (Å²) in [6.07, 6.45) is 0. The first-order valence-electron chi connectivity index (χ1n) is 6.24. The van der Waals surface area contributed by atoms with E-state index in [1.807, 2.05) is 19.9 Å². The van der Waals surface area contributed by atoms with Crippen molar-refractivity contribution in [3.63, 3.8) is 0 Å². The maximum absolute atomic E-state index is 10.9. The quantitative estimate of drug-likeness (QED) is 0.689. The van der Waals surface area contributed by atoms with Crippen molar-refractivity contribution in [3.8, 4) is 5.75 Å². The minimum atomic E-state index is -0.859. The van der Waals surface area contributed by atoms with E-state index in [1.165, 1.54) is 0 Å². The van der Waals surface area contributed by atoms with Gasteiger partial charge in [-0.25, -0.2) is 0 Å². The third-order valence-electron chi connectivity index (χ3n) is 3.09. The second-order valence-corrected chi connectivity index (χ2v) is 4.57. The highest BCUT2D eigenvalue weighted by atomic mass is 16.5. The molecule has 106 valence electrons. The zero-order valence-corrected chi connectivity index (χ0v) is 11.9. The van der Waals surface area contributed by atoms with Gasteiger partial charge in [-0.1, -0.05) is 6.07 Å². The highest BCUT2D eigenvalue weighted by molar-refractivity contribution is 5.73. The van der Waals surface area contributed by atoms with Gasteiger partial charge in [0.2, 0.25) is 0 Å². The summed E-state index contributed by atoms with van der Waals surface area (Å²) in [6, 6.07) is 3.49. The van der Waals surface area contributed by atoms with Crippen LogP contribution in [0.5, 0.6) is 5.75 Å². The molecule has 0 amide bonds. The highest BCUT2D eigenvalue weighted by Gasteiger charge is 2.14. The largest absolute Gasteiger partial charge is 0.496 e. The van der Waals surface area contributed by atoms with Gasteiger partial charge in [-0.2, -0.15) is 0 Å². The highest BCUT2D eigenvalue weighted by Crippen LogP contribution is 2.23. The Labute approximate surface area is 114 Å². The molecule has 0 radical (unpaired) electrons. The standard InChI is InChI=1S/C14H22N2O3/c1-9-5-10(2)11(13(6-9)19-4)7-16-8-12(15-3)14(17)18/h5-6,12,15-16H,7-8H2,1-4H3,(H,17,18). The van der Waals surface area contributed by atoms with Crippen molar-refractivity contribution < 1.29 is 14.6 Å². The van der Waals surface area contributed by atoms with E-state index in [0.29, 0.717) is 13.1 Å². The summed E-state index contributed by atoms with van der Waals surface area (Å²) in [7, 11) is 3.28. The molecular formula is C14H22N2O3. The van der Waals surface area contributed by atoms with Gasteiger partial charge in [0, 0.05) is 18.7 Å². The molecule has 5 nitrogen and oxygen atoms in total. The van der Waals surface area contributed by atoms with E-state index in [0.717, 1.165) is 22.4 Å². The lowest BCUT2D eigenvalue weighted by molar-refractivity contribution is -0.139. The monoisotopic (exact) mass is 266 g/mol. The molecular weight excluding hydrogens is 244 g/mol. The van der Waals surface area contributed by atoms with Crippen LogP contribution in [0.1, 0.15) is 16.7 Å². The summed E-state index contributed by atoms with van der Waals surface area (Å²) in [5.74, 6) is -0.0241. The first kappa shape index (κ1) is 15.5. The molecule has 0 saturated carbocycles. The number of ether oxygens (including phenoxy) is 1. The third kappa shape index (κ3) is 4.22. The molecule has 1 rings (SSSR count). The number of hydrogen-bond donors (Lipinski definition) is 3. The predicted octanol–water partition coefficient (Wildman–Crippen LogP) is 1.07. The van der Waals surface area contributed by atoms with Gasteiger partial charge in [0.1, 0.15) is 11.8 Å². The smallest absolute Gasteiger partial charge is 0.322 e. The van der Waals surface area contributed by atoms with Gasteiger partial charge in [0.15, 0.2) is 0 Å². The van der Waals surface area contributed by atoms with Crippen LogP contribution in [0.3, 0.4) is 0 Å². The van der Waals surface area contributed by atoms with E-state index in [1.54, 1.807) is 14.2 Å². The average Bonchev–Trinajstić information content (AvgIpc) is 2.35. The molecule has 0 aliphatic rings. The summed E-state index contributed by atoms with van der Waals surface area (Å²) in [5.41, 5.74) is 3.35. The summed E-state index contributed by atoms with van der Waals surface area (Å²) < 4.78 is 5.37. The van der Waals surface area contributed by atoms with E-state index in [2.05, 4.69) is 16.7 Å². The molecule has 0 spiro atoms. The maximum Gasteiger partial charge on any atom is 0.322 e. The molecule has 3 N–H and O–H groups in total. The fraction of sp³-hybridized carbons (Fsp3) is 0.500. The van der Waals surface area contributed by atoms with Crippen molar-refractivity contribution in [1.29, 1.82) is 0 Å². The van der Waals surface area contributed by atoms with Crippen LogP contribution in [0.2, 0.25) is 0 Å². The Morgan fingerprint density at radius 1 is 1.42 bits per heavy atom. The molecule has 0 saturated heterocycles. The number of aliphatic carboxylic acids is 1. The van der Waals surface area contributed by atoms with Crippen molar-refractivity contribution in [3.05, 3.63) is 28.8 Å². The van der Waals surface area contributed by atoms with E-state index in [9.17, 15) is 4.79 Å². The molecule has 1 aromatic rings. The van der Waals surface area contributed by atoms with Crippen molar-refractivity contribution in [2.24, 2.45) is 0 Å². The number of aryl methyl sites for hydroxylation is 2. The fourth-order valence-electron chi connectivity index (χ4n) is 2.02. The number of hydrogen-bond acceptors (Lipinski definition) is 4. The average molecular weight is 266 g/mol. The van der Waals surface area contributed by atoms with Gasteiger partial charge in [-0.15, -0.1) is 0 Å². The molecule has 0 aliphatic heterocycles. The second kappa shape index (κ2) is 7.11. The summed E-state index contributed by atoms with van der Waals surface area (Å²) in [6.45, 7) is 5.00. The maximum atomic E-state index is 10.9. The number of carbonyl (C=O) groups is 1. The minimum absolute atomic E-state index is 0.363. The Balaban J connectivity index is 2.70. The second-order valence-electron chi connectivity index (χ2n) is 4.57. The van der Waals surface area contributed by atoms with Crippen LogP contribution in [0.25, 0.3) is 0 Å². The minimum Gasteiger partial charge on any atom is -0.496 e. The molecule has 1 aromatic carbocycles. The van der Waals surface area contributed by atoms with E-state index in [4.69, 9.17) is 9.84 Å². The fourth-order valence-corrected chi connectivity index (χ4v) is 2.02. The zero-order chi connectivity index (χ0) is 14.4. The molecule has 1 unspecified atom stereocenters. The van der Waals surface area contributed by atoms with Gasteiger partial charge in [-0.05, 0) is 38.1 Å². The molecule has 1 atom stereocenters. The number of methoxy groups -OCH3 is 1. The molecule has 0 heterocycles. The van der Waals surface area contributed by atoms with E-state index >= 15 is 0 Å². The summed E-state index contributed by atoms with van der Waals surface area (Å²) in [4.78, 5) is 10.9. The van der Waals surface area contributed by atoms with E-state index in [-0.39, 0.29) is 0 Å². The SMILES string of the molecule is CNC(CNCc1c(C)cc(C)cc1OC)C(=O)O. The van der Waals surface area contributed by atoms with Gasteiger partial charge in [-0.3, -0.25) is 4.79 Å². The molecule has 0 aromatic heterocycles. The van der Waals surface area contributed by atoms with Crippen LogP contribution in [0.15, 0.2) is 12.1 Å². The summed E-state index contributed by atoms with van der Waals surface area (Å²) >= 11 is 0. The number of rotatable bonds is 7. The Morgan fingerprint density at radius 2 is 2.11 bits per heavy atom. The molecule has 0 aliphatic carbocycles. The van der Waals surface area contributed by atoms with Gasteiger partial charge >= 0.3 is 5.97 Å². The number of carboxylic acid groups (broad SMARTS) is 1. The van der Waals surface area contributed by atoms with Crippen LogP contribution in [-0.2, 0) is 11.3 Å². The predicted molar refractivity (Wildman–Crippen MR) is 74.7 cm³/mol. The molecule has 0 bridgehead atoms. The zero-order valence-electron chi connectivity index (χ0n) is 11.9. The van der Waals surface area contributed by atoms with Crippen LogP contribution in [0, 0.1) is 13.8 Å². The van der Waals surface area contributed by atoms with Crippen LogP contribution < -0.4 is 15.4 Å².